The van der Waals surface area contributed by atoms with Crippen LogP contribution in [-0.4, -0.2) is 66.6 Å². The maximum absolute atomic E-state index is 12.9. The van der Waals surface area contributed by atoms with Gasteiger partial charge in [0, 0.05) is 45.2 Å². The smallest absolute Gasteiger partial charge is 0.249 e. The Labute approximate surface area is 177 Å². The first-order valence-corrected chi connectivity index (χ1v) is 10.2. The predicted octanol–water partition coefficient (Wildman–Crippen LogP) is 2.30. The highest BCUT2D eigenvalue weighted by molar-refractivity contribution is 5.80. The van der Waals surface area contributed by atoms with Crippen LogP contribution in [0.25, 0.3) is 0 Å². The Hall–Kier alpha value is -2.93. The number of rotatable bonds is 8. The second kappa shape index (κ2) is 10.7. The minimum Gasteiger partial charge on any atom is -0.497 e. The van der Waals surface area contributed by atoms with E-state index in [0.29, 0.717) is 26.1 Å². The van der Waals surface area contributed by atoms with Crippen molar-refractivity contribution in [1.29, 1.82) is 0 Å². The highest BCUT2D eigenvalue weighted by atomic mass is 16.5. The molecule has 1 unspecified atom stereocenters. The van der Waals surface area contributed by atoms with Crippen LogP contribution < -0.4 is 4.74 Å². The summed E-state index contributed by atoms with van der Waals surface area (Å²) in [5, 5.41) is 0. The first-order valence-electron chi connectivity index (χ1n) is 10.2. The fourth-order valence-electron chi connectivity index (χ4n) is 3.82. The quantitative estimate of drug-likeness (QED) is 0.667. The third-order valence-corrected chi connectivity index (χ3v) is 5.34. The summed E-state index contributed by atoms with van der Waals surface area (Å²) in [6, 6.07) is 11.3. The van der Waals surface area contributed by atoms with Gasteiger partial charge in [-0.1, -0.05) is 18.2 Å². The molecule has 0 saturated carbocycles. The van der Waals surface area contributed by atoms with Gasteiger partial charge in [0.25, 0.3) is 0 Å². The van der Waals surface area contributed by atoms with Crippen LogP contribution in [0.5, 0.6) is 5.75 Å². The molecule has 0 radical (unpaired) electrons. The molecular weight excluding hydrogens is 382 g/mol. The molecule has 1 fully saturated rings. The molecule has 0 bridgehead atoms. The molecule has 1 atom stereocenters. The molecule has 30 heavy (non-hydrogen) atoms. The SMILES string of the molecule is COCC(=O)N(Cc1cccnc1)C1CCCN(C(=O)Cc2cccc(OC)c2)C1. The van der Waals surface area contributed by atoms with E-state index in [1.807, 2.05) is 46.2 Å². The normalized spacial score (nSPS) is 16.2. The maximum atomic E-state index is 12.9. The van der Waals surface area contributed by atoms with E-state index in [-0.39, 0.29) is 24.5 Å². The van der Waals surface area contributed by atoms with Crippen molar-refractivity contribution in [2.45, 2.75) is 31.8 Å². The molecule has 2 heterocycles. The molecule has 1 aromatic heterocycles. The van der Waals surface area contributed by atoms with Gasteiger partial charge in [-0.2, -0.15) is 0 Å². The van der Waals surface area contributed by atoms with Crippen molar-refractivity contribution >= 4 is 11.8 Å². The van der Waals surface area contributed by atoms with E-state index in [1.54, 1.807) is 19.5 Å². The van der Waals surface area contributed by atoms with Gasteiger partial charge in [-0.25, -0.2) is 0 Å². The van der Waals surface area contributed by atoms with Crippen molar-refractivity contribution in [3.8, 4) is 5.75 Å². The summed E-state index contributed by atoms with van der Waals surface area (Å²) < 4.78 is 10.3. The van der Waals surface area contributed by atoms with E-state index in [2.05, 4.69) is 4.98 Å². The van der Waals surface area contributed by atoms with Crippen molar-refractivity contribution in [3.63, 3.8) is 0 Å². The summed E-state index contributed by atoms with van der Waals surface area (Å²) in [5.41, 5.74) is 1.88. The fourth-order valence-corrected chi connectivity index (χ4v) is 3.82. The molecule has 0 spiro atoms. The molecule has 2 amide bonds. The van der Waals surface area contributed by atoms with Gasteiger partial charge in [-0.05, 0) is 42.2 Å². The summed E-state index contributed by atoms with van der Waals surface area (Å²) in [4.78, 5) is 33.5. The van der Waals surface area contributed by atoms with Gasteiger partial charge >= 0.3 is 0 Å². The summed E-state index contributed by atoms with van der Waals surface area (Å²) in [6.07, 6.45) is 5.52. The Morgan fingerprint density at radius 1 is 1.20 bits per heavy atom. The predicted molar refractivity (Wildman–Crippen MR) is 113 cm³/mol. The Bertz CT molecular complexity index is 843. The lowest BCUT2D eigenvalue weighted by Crippen LogP contribution is -2.52. The number of carbonyl (C=O) groups excluding carboxylic acids is 2. The number of piperidine rings is 1. The molecule has 160 valence electrons. The van der Waals surface area contributed by atoms with Gasteiger partial charge in [0.2, 0.25) is 11.8 Å². The van der Waals surface area contributed by atoms with Gasteiger partial charge in [-0.3, -0.25) is 14.6 Å². The van der Waals surface area contributed by atoms with Crippen molar-refractivity contribution in [3.05, 3.63) is 59.9 Å². The van der Waals surface area contributed by atoms with Crippen molar-refractivity contribution in [2.24, 2.45) is 0 Å². The maximum Gasteiger partial charge on any atom is 0.249 e. The Kier molecular flexibility index (Phi) is 7.79. The topological polar surface area (TPSA) is 72.0 Å². The molecule has 7 heteroatoms. The minimum absolute atomic E-state index is 0.0223. The van der Waals surface area contributed by atoms with Crippen molar-refractivity contribution < 1.29 is 19.1 Å². The van der Waals surface area contributed by atoms with Crippen LogP contribution in [0.2, 0.25) is 0 Å². The molecule has 1 aliphatic rings. The van der Waals surface area contributed by atoms with E-state index in [0.717, 1.165) is 29.7 Å². The minimum atomic E-state index is -0.0755. The van der Waals surface area contributed by atoms with Crippen molar-refractivity contribution in [1.82, 2.24) is 14.8 Å². The Morgan fingerprint density at radius 2 is 2.03 bits per heavy atom. The molecular formula is C23H29N3O4. The number of aromatic nitrogens is 1. The zero-order valence-electron chi connectivity index (χ0n) is 17.6. The number of benzene rings is 1. The van der Waals surface area contributed by atoms with E-state index in [9.17, 15) is 9.59 Å². The van der Waals surface area contributed by atoms with Crippen LogP contribution >= 0.6 is 0 Å². The van der Waals surface area contributed by atoms with Crippen LogP contribution in [0, 0.1) is 0 Å². The Balaban J connectivity index is 1.69. The number of hydrogen-bond acceptors (Lipinski definition) is 5. The summed E-state index contributed by atoms with van der Waals surface area (Å²) in [7, 11) is 3.13. The lowest BCUT2D eigenvalue weighted by Gasteiger charge is -2.39. The van der Waals surface area contributed by atoms with Crippen LogP contribution in [0.1, 0.15) is 24.0 Å². The highest BCUT2D eigenvalue weighted by Gasteiger charge is 2.30. The molecule has 7 nitrogen and oxygen atoms in total. The summed E-state index contributed by atoms with van der Waals surface area (Å²) in [5.74, 6) is 0.728. The van der Waals surface area contributed by atoms with Gasteiger partial charge in [0.1, 0.15) is 12.4 Å². The van der Waals surface area contributed by atoms with Gasteiger partial charge in [-0.15, -0.1) is 0 Å². The van der Waals surface area contributed by atoms with Crippen LogP contribution in [0.3, 0.4) is 0 Å². The average Bonchev–Trinajstić information content (AvgIpc) is 2.78. The average molecular weight is 412 g/mol. The van der Waals surface area contributed by atoms with Crippen molar-refractivity contribution in [2.75, 3.05) is 33.9 Å². The standard InChI is InChI=1S/C23H29N3O4/c1-29-17-23(28)26(15-19-7-4-10-24-14-19)20-8-5-11-25(16-20)22(27)13-18-6-3-9-21(12-18)30-2/h3-4,6-7,9-10,12,14,20H,5,8,11,13,15-17H2,1-2H3. The largest absolute Gasteiger partial charge is 0.497 e. The first kappa shape index (κ1) is 21.8. The van der Waals surface area contributed by atoms with Gasteiger partial charge < -0.3 is 19.3 Å². The molecule has 3 rings (SSSR count). The molecule has 1 aliphatic heterocycles. The zero-order valence-corrected chi connectivity index (χ0v) is 17.6. The molecule has 2 aromatic rings. The second-order valence-electron chi connectivity index (χ2n) is 7.48. The van der Waals surface area contributed by atoms with Crippen LogP contribution in [0.4, 0.5) is 0 Å². The third kappa shape index (κ3) is 5.79. The molecule has 1 aromatic carbocycles. The molecule has 0 N–H and O–H groups in total. The number of hydrogen-bond donors (Lipinski definition) is 0. The van der Waals surface area contributed by atoms with Crippen LogP contribution in [-0.2, 0) is 27.3 Å². The zero-order chi connectivity index (χ0) is 21.3. The number of likely N-dealkylation sites (tertiary alicyclic amines) is 1. The van der Waals surface area contributed by atoms with E-state index < -0.39 is 0 Å². The Morgan fingerprint density at radius 3 is 2.77 bits per heavy atom. The summed E-state index contributed by atoms with van der Waals surface area (Å²) in [6.45, 7) is 1.71. The van der Waals surface area contributed by atoms with Crippen LogP contribution in [0.15, 0.2) is 48.8 Å². The van der Waals surface area contributed by atoms with E-state index >= 15 is 0 Å². The first-order chi connectivity index (χ1) is 14.6. The summed E-state index contributed by atoms with van der Waals surface area (Å²) >= 11 is 0. The number of carbonyl (C=O) groups is 2. The van der Waals surface area contributed by atoms with Gasteiger partial charge in [0.05, 0.1) is 13.5 Å². The monoisotopic (exact) mass is 411 g/mol. The number of pyridine rings is 1. The van der Waals surface area contributed by atoms with E-state index in [4.69, 9.17) is 9.47 Å². The molecule has 0 aliphatic carbocycles. The number of amides is 2. The number of nitrogens with zero attached hydrogens (tertiary/aromatic N) is 3. The number of ether oxygens (including phenoxy) is 2. The lowest BCUT2D eigenvalue weighted by atomic mass is 10.0. The van der Waals surface area contributed by atoms with Gasteiger partial charge in [0.15, 0.2) is 0 Å². The highest BCUT2D eigenvalue weighted by Crippen LogP contribution is 2.20. The molecule has 1 saturated heterocycles. The fraction of sp³-hybridized carbons (Fsp3) is 0.435. The second-order valence-corrected chi connectivity index (χ2v) is 7.48. The lowest BCUT2D eigenvalue weighted by molar-refractivity contribution is -0.142. The third-order valence-electron chi connectivity index (χ3n) is 5.34. The number of methoxy groups -OCH3 is 2. The van der Waals surface area contributed by atoms with E-state index in [1.165, 1.54) is 7.11 Å².